The van der Waals surface area contributed by atoms with E-state index in [4.69, 9.17) is 8.92 Å². The zero-order chi connectivity index (χ0) is 12.3. The summed E-state index contributed by atoms with van der Waals surface area (Å²) < 4.78 is 31.7. The molecule has 0 spiro atoms. The van der Waals surface area contributed by atoms with Gasteiger partial charge in [0, 0.05) is 0 Å². The molecular weight excluding hydrogens is 228 g/mol. The van der Waals surface area contributed by atoms with Crippen LogP contribution in [0.2, 0.25) is 0 Å². The molecule has 0 aromatic heterocycles. The smallest absolute Gasteiger partial charge is 0.264 e. The maximum atomic E-state index is 10.8. The summed E-state index contributed by atoms with van der Waals surface area (Å²) >= 11 is 0. The Bertz CT molecular complexity index is 347. The third-order valence-corrected chi connectivity index (χ3v) is 3.23. The maximum Gasteiger partial charge on any atom is 0.264 e. The summed E-state index contributed by atoms with van der Waals surface area (Å²) in [6.07, 6.45) is 3.04. The molecule has 4 nitrogen and oxygen atoms in total. The largest absolute Gasteiger partial charge is 0.367 e. The molecule has 0 N–H and O–H groups in total. The van der Waals surface area contributed by atoms with Crippen molar-refractivity contribution in [2.24, 2.45) is 5.92 Å². The van der Waals surface area contributed by atoms with Gasteiger partial charge in [0.2, 0.25) is 0 Å². The molecule has 1 heterocycles. The van der Waals surface area contributed by atoms with Crippen molar-refractivity contribution in [3.8, 4) is 0 Å². The normalized spacial score (nSPS) is 26.4. The lowest BCUT2D eigenvalue weighted by Gasteiger charge is -2.11. The van der Waals surface area contributed by atoms with Crippen molar-refractivity contribution in [3.63, 3.8) is 0 Å². The summed E-state index contributed by atoms with van der Waals surface area (Å²) in [7, 11) is -3.36. The quantitative estimate of drug-likeness (QED) is 0.391. The number of hydrogen-bond donors (Lipinski definition) is 0. The number of allylic oxidation sites excluding steroid dienone is 1. The maximum absolute atomic E-state index is 10.8. The van der Waals surface area contributed by atoms with Gasteiger partial charge in [0.1, 0.15) is 6.10 Å². The number of rotatable bonds is 7. The Labute approximate surface area is 97.8 Å². The first-order valence-electron chi connectivity index (χ1n) is 5.47. The lowest BCUT2D eigenvalue weighted by Crippen LogP contribution is -2.15. The fraction of sp³-hybridized carbons (Fsp3) is 0.818. The first kappa shape index (κ1) is 13.7. The summed E-state index contributed by atoms with van der Waals surface area (Å²) in [4.78, 5) is 0. The summed E-state index contributed by atoms with van der Waals surface area (Å²) in [5.41, 5.74) is 1.13. The van der Waals surface area contributed by atoms with Gasteiger partial charge in [-0.15, -0.1) is 6.58 Å². The number of hydrogen-bond acceptors (Lipinski definition) is 4. The highest BCUT2D eigenvalue weighted by molar-refractivity contribution is 7.85. The van der Waals surface area contributed by atoms with E-state index in [1.54, 1.807) is 0 Å². The monoisotopic (exact) mass is 248 g/mol. The van der Waals surface area contributed by atoms with Gasteiger partial charge in [-0.1, -0.05) is 18.9 Å². The minimum atomic E-state index is -3.36. The first-order chi connectivity index (χ1) is 7.33. The molecule has 0 radical (unpaired) electrons. The van der Waals surface area contributed by atoms with Gasteiger partial charge in [0.15, 0.2) is 0 Å². The molecule has 3 atom stereocenters. The predicted octanol–water partition coefficient (Wildman–Crippen LogP) is 1.72. The van der Waals surface area contributed by atoms with Gasteiger partial charge in [-0.25, -0.2) is 0 Å². The predicted molar refractivity (Wildman–Crippen MR) is 62.7 cm³/mol. The van der Waals surface area contributed by atoms with Crippen molar-refractivity contribution >= 4 is 10.1 Å². The van der Waals surface area contributed by atoms with Gasteiger partial charge >= 0.3 is 0 Å². The molecule has 1 aliphatic heterocycles. The van der Waals surface area contributed by atoms with Gasteiger partial charge in [0.05, 0.1) is 19.0 Å². The molecule has 1 saturated heterocycles. The molecule has 16 heavy (non-hydrogen) atoms. The highest BCUT2D eigenvalue weighted by Crippen LogP contribution is 2.35. The molecule has 5 heteroatoms. The summed E-state index contributed by atoms with van der Waals surface area (Å²) in [5.74, 6) is 0.422. The van der Waals surface area contributed by atoms with Crippen LogP contribution in [0.3, 0.4) is 0 Å². The molecule has 0 bridgehead atoms. The fourth-order valence-electron chi connectivity index (χ4n) is 1.84. The molecule has 0 aromatic carbocycles. The Balaban J connectivity index is 2.34. The number of epoxide rings is 1. The molecule has 0 unspecified atom stereocenters. The van der Waals surface area contributed by atoms with Crippen LogP contribution in [0.25, 0.3) is 0 Å². The molecule has 1 aliphatic rings. The van der Waals surface area contributed by atoms with Crippen LogP contribution < -0.4 is 0 Å². The lowest BCUT2D eigenvalue weighted by atomic mass is 9.93. The average molecular weight is 248 g/mol. The molecule has 1 fully saturated rings. The van der Waals surface area contributed by atoms with E-state index in [9.17, 15) is 8.42 Å². The van der Waals surface area contributed by atoms with Crippen LogP contribution in [0.5, 0.6) is 0 Å². The Morgan fingerprint density at radius 2 is 2.19 bits per heavy atom. The van der Waals surface area contributed by atoms with Crippen molar-refractivity contribution in [2.75, 3.05) is 12.9 Å². The first-order valence-corrected chi connectivity index (χ1v) is 7.29. The van der Waals surface area contributed by atoms with E-state index in [-0.39, 0.29) is 18.8 Å². The van der Waals surface area contributed by atoms with Gasteiger partial charge < -0.3 is 4.74 Å². The highest BCUT2D eigenvalue weighted by atomic mass is 32.2. The molecule has 94 valence electrons. The Kier molecular flexibility index (Phi) is 4.52. The van der Waals surface area contributed by atoms with E-state index in [2.05, 4.69) is 13.5 Å². The van der Waals surface area contributed by atoms with Crippen molar-refractivity contribution in [1.29, 1.82) is 0 Å². The second kappa shape index (κ2) is 5.29. The minimum Gasteiger partial charge on any atom is -0.367 e. The minimum absolute atomic E-state index is 0.0703. The van der Waals surface area contributed by atoms with Gasteiger partial charge in [-0.05, 0) is 19.3 Å². The average Bonchev–Trinajstić information content (AvgIpc) is 2.88. The Morgan fingerprint density at radius 3 is 2.62 bits per heavy atom. The van der Waals surface area contributed by atoms with Crippen molar-refractivity contribution in [2.45, 2.75) is 38.9 Å². The van der Waals surface area contributed by atoms with E-state index < -0.39 is 10.1 Å². The summed E-state index contributed by atoms with van der Waals surface area (Å²) in [6, 6.07) is 0. The Morgan fingerprint density at radius 1 is 1.56 bits per heavy atom. The molecular formula is C11H20O4S. The highest BCUT2D eigenvalue weighted by Gasteiger charge is 2.44. The van der Waals surface area contributed by atoms with E-state index >= 15 is 0 Å². The van der Waals surface area contributed by atoms with E-state index in [0.717, 1.165) is 24.7 Å². The van der Waals surface area contributed by atoms with E-state index in [1.165, 1.54) is 0 Å². The van der Waals surface area contributed by atoms with Crippen LogP contribution in [-0.2, 0) is 19.0 Å². The van der Waals surface area contributed by atoms with Crippen molar-refractivity contribution in [1.82, 2.24) is 0 Å². The fourth-order valence-corrected chi connectivity index (χ4v) is 2.22. The van der Waals surface area contributed by atoms with Crippen LogP contribution in [0.15, 0.2) is 12.2 Å². The van der Waals surface area contributed by atoms with Crippen LogP contribution >= 0.6 is 0 Å². The Hall–Kier alpha value is -0.390. The number of ether oxygens (including phenoxy) is 1. The van der Waals surface area contributed by atoms with E-state index in [0.29, 0.717) is 5.92 Å². The van der Waals surface area contributed by atoms with Crippen molar-refractivity contribution in [3.05, 3.63) is 12.2 Å². The molecule has 0 saturated carbocycles. The zero-order valence-electron chi connectivity index (χ0n) is 10.1. The molecule has 0 aromatic rings. The topological polar surface area (TPSA) is 55.9 Å². The molecule has 0 amide bonds. The lowest BCUT2D eigenvalue weighted by molar-refractivity contribution is 0.258. The van der Waals surface area contributed by atoms with Crippen molar-refractivity contribution < 1.29 is 17.3 Å². The van der Waals surface area contributed by atoms with Gasteiger partial charge in [-0.3, -0.25) is 4.18 Å². The zero-order valence-corrected chi connectivity index (χ0v) is 10.9. The SMILES string of the molecule is C=C(C)C[C@@H](CC)[C@H]1O[C@@H]1COS(C)(=O)=O. The van der Waals surface area contributed by atoms with Crippen LogP contribution in [0.1, 0.15) is 26.7 Å². The second-order valence-electron chi connectivity index (χ2n) is 4.46. The van der Waals surface area contributed by atoms with Crippen LogP contribution in [0, 0.1) is 5.92 Å². The van der Waals surface area contributed by atoms with Crippen LogP contribution in [-0.4, -0.2) is 33.5 Å². The summed E-state index contributed by atoms with van der Waals surface area (Å²) in [6.45, 7) is 8.11. The third-order valence-electron chi connectivity index (χ3n) is 2.67. The van der Waals surface area contributed by atoms with Crippen LogP contribution in [0.4, 0.5) is 0 Å². The molecule has 0 aliphatic carbocycles. The summed E-state index contributed by atoms with van der Waals surface area (Å²) in [5, 5.41) is 0. The molecule has 1 rings (SSSR count). The van der Waals surface area contributed by atoms with Gasteiger partial charge in [0.25, 0.3) is 10.1 Å². The third kappa shape index (κ3) is 4.63. The second-order valence-corrected chi connectivity index (χ2v) is 6.10. The standard InChI is InChI=1S/C11H20O4S/c1-5-9(6-8(2)3)11-10(15-11)7-14-16(4,12)13/h9-11H,2,5-7H2,1,3-4H3/t9-,10-,11-/m1/s1. The van der Waals surface area contributed by atoms with Gasteiger partial charge in [-0.2, -0.15) is 8.42 Å². The van der Waals surface area contributed by atoms with E-state index in [1.807, 2.05) is 6.92 Å².